The van der Waals surface area contributed by atoms with E-state index in [-0.39, 0.29) is 16.9 Å². The van der Waals surface area contributed by atoms with Crippen LogP contribution in [0.5, 0.6) is 0 Å². The van der Waals surface area contributed by atoms with Gasteiger partial charge >= 0.3 is 0 Å². The summed E-state index contributed by atoms with van der Waals surface area (Å²) in [4.78, 5) is 26.8. The van der Waals surface area contributed by atoms with E-state index in [9.17, 15) is 14.9 Å². The van der Waals surface area contributed by atoms with Crippen molar-refractivity contribution in [3.8, 4) is 5.69 Å². The van der Waals surface area contributed by atoms with E-state index in [4.69, 9.17) is 0 Å². The minimum absolute atomic E-state index is 0.186. The summed E-state index contributed by atoms with van der Waals surface area (Å²) in [5.74, 6) is -0.424. The number of hydrogen-bond acceptors (Lipinski definition) is 5. The predicted octanol–water partition coefficient (Wildman–Crippen LogP) is 2.74. The summed E-state index contributed by atoms with van der Waals surface area (Å²) >= 11 is 0. The average Bonchev–Trinajstić information content (AvgIpc) is 3.10. The number of nitrogens with zero attached hydrogens (tertiary/aromatic N) is 4. The van der Waals surface area contributed by atoms with Crippen LogP contribution in [0.3, 0.4) is 0 Å². The van der Waals surface area contributed by atoms with Crippen LogP contribution in [0.15, 0.2) is 55.1 Å². The largest absolute Gasteiger partial charge is 0.322 e. The second-order valence-corrected chi connectivity index (χ2v) is 5.12. The average molecular weight is 323 g/mol. The summed E-state index contributed by atoms with van der Waals surface area (Å²) in [6.45, 7) is 1.94. The number of nitro groups is 1. The van der Waals surface area contributed by atoms with Crippen molar-refractivity contribution >= 4 is 17.3 Å². The molecule has 0 atom stereocenters. The summed E-state index contributed by atoms with van der Waals surface area (Å²) in [6.07, 6.45) is 2.64. The fourth-order valence-corrected chi connectivity index (χ4v) is 2.18. The molecule has 1 heterocycles. The molecule has 8 nitrogen and oxygen atoms in total. The van der Waals surface area contributed by atoms with Gasteiger partial charge in [0.1, 0.15) is 18.3 Å². The van der Waals surface area contributed by atoms with E-state index in [2.05, 4.69) is 15.4 Å². The molecule has 0 unspecified atom stereocenters. The maximum Gasteiger partial charge on any atom is 0.295 e. The van der Waals surface area contributed by atoms with E-state index in [1.54, 1.807) is 12.1 Å². The number of nitrogens with one attached hydrogen (secondary N) is 1. The van der Waals surface area contributed by atoms with Crippen LogP contribution in [0, 0.1) is 17.0 Å². The molecule has 2 aromatic carbocycles. The third-order valence-corrected chi connectivity index (χ3v) is 3.41. The molecule has 0 aliphatic rings. The Morgan fingerprint density at radius 1 is 1.21 bits per heavy atom. The van der Waals surface area contributed by atoms with Gasteiger partial charge in [0.05, 0.1) is 4.92 Å². The van der Waals surface area contributed by atoms with Crippen LogP contribution in [0.25, 0.3) is 5.69 Å². The van der Waals surface area contributed by atoms with Gasteiger partial charge in [0.2, 0.25) is 0 Å². The standard InChI is InChI=1S/C16H13N5O3/c1-11-2-5-13(6-3-11)19-16(22)12-4-7-14(15(8-12)21(23)24)20-10-17-9-18-20/h2-10H,1H3,(H,19,22). The Morgan fingerprint density at radius 3 is 2.58 bits per heavy atom. The SMILES string of the molecule is Cc1ccc(NC(=O)c2ccc(-n3cncn3)c([N+](=O)[O-])c2)cc1. The number of amides is 1. The number of carbonyl (C=O) groups excluding carboxylic acids is 1. The zero-order valence-electron chi connectivity index (χ0n) is 12.7. The fourth-order valence-electron chi connectivity index (χ4n) is 2.18. The highest BCUT2D eigenvalue weighted by molar-refractivity contribution is 6.04. The lowest BCUT2D eigenvalue weighted by molar-refractivity contribution is -0.384. The molecular formula is C16H13N5O3. The van der Waals surface area contributed by atoms with Gasteiger partial charge in [0.15, 0.2) is 0 Å². The molecule has 1 N–H and O–H groups in total. The first-order valence-corrected chi connectivity index (χ1v) is 7.06. The van der Waals surface area contributed by atoms with E-state index in [1.807, 2.05) is 19.1 Å². The van der Waals surface area contributed by atoms with Crippen LogP contribution in [0.4, 0.5) is 11.4 Å². The Morgan fingerprint density at radius 2 is 1.96 bits per heavy atom. The molecule has 0 radical (unpaired) electrons. The van der Waals surface area contributed by atoms with Gasteiger partial charge in [0.25, 0.3) is 11.6 Å². The lowest BCUT2D eigenvalue weighted by Gasteiger charge is -2.07. The van der Waals surface area contributed by atoms with Crippen molar-refractivity contribution in [2.24, 2.45) is 0 Å². The lowest BCUT2D eigenvalue weighted by Crippen LogP contribution is -2.13. The molecule has 1 aromatic heterocycles. The summed E-state index contributed by atoms with van der Waals surface area (Å²) in [7, 11) is 0. The predicted molar refractivity (Wildman–Crippen MR) is 87.1 cm³/mol. The van der Waals surface area contributed by atoms with Gasteiger partial charge in [-0.2, -0.15) is 5.10 Å². The Balaban J connectivity index is 1.91. The van der Waals surface area contributed by atoms with Crippen molar-refractivity contribution < 1.29 is 9.72 Å². The molecule has 24 heavy (non-hydrogen) atoms. The number of aryl methyl sites for hydroxylation is 1. The zero-order valence-corrected chi connectivity index (χ0v) is 12.7. The fraction of sp³-hybridized carbons (Fsp3) is 0.0625. The van der Waals surface area contributed by atoms with E-state index in [1.165, 1.54) is 35.5 Å². The van der Waals surface area contributed by atoms with Crippen molar-refractivity contribution in [1.29, 1.82) is 0 Å². The molecule has 120 valence electrons. The van der Waals surface area contributed by atoms with Crippen molar-refractivity contribution in [3.05, 3.63) is 76.4 Å². The molecule has 0 spiro atoms. The van der Waals surface area contributed by atoms with Gasteiger partial charge in [-0.15, -0.1) is 0 Å². The summed E-state index contributed by atoms with van der Waals surface area (Å²) < 4.78 is 1.28. The van der Waals surface area contributed by atoms with Crippen molar-refractivity contribution in [2.75, 3.05) is 5.32 Å². The quantitative estimate of drug-likeness (QED) is 0.587. The number of rotatable bonds is 4. The number of aromatic nitrogens is 3. The molecule has 0 fully saturated rings. The normalized spacial score (nSPS) is 10.4. The number of benzene rings is 2. The molecule has 0 saturated heterocycles. The first-order chi connectivity index (χ1) is 11.5. The molecule has 0 saturated carbocycles. The molecule has 0 aliphatic heterocycles. The van der Waals surface area contributed by atoms with Crippen LogP contribution < -0.4 is 5.32 Å². The van der Waals surface area contributed by atoms with Gasteiger partial charge in [-0.1, -0.05) is 17.7 Å². The second-order valence-electron chi connectivity index (χ2n) is 5.12. The second kappa shape index (κ2) is 6.29. The third kappa shape index (κ3) is 3.12. The highest BCUT2D eigenvalue weighted by Crippen LogP contribution is 2.24. The van der Waals surface area contributed by atoms with Crippen LogP contribution in [0.2, 0.25) is 0 Å². The Bertz CT molecular complexity index is 889. The van der Waals surface area contributed by atoms with E-state index in [0.29, 0.717) is 5.69 Å². The van der Waals surface area contributed by atoms with Crippen LogP contribution in [-0.2, 0) is 0 Å². The molecule has 3 rings (SSSR count). The minimum atomic E-state index is -0.556. The van der Waals surface area contributed by atoms with E-state index < -0.39 is 10.8 Å². The Kier molecular flexibility index (Phi) is 4.02. The molecular weight excluding hydrogens is 310 g/mol. The topological polar surface area (TPSA) is 103 Å². The molecule has 3 aromatic rings. The Hall–Kier alpha value is -3.55. The summed E-state index contributed by atoms with van der Waals surface area (Å²) in [5.41, 5.74) is 1.89. The molecule has 0 aliphatic carbocycles. The Labute approximate surface area is 136 Å². The first-order valence-electron chi connectivity index (χ1n) is 7.06. The highest BCUT2D eigenvalue weighted by atomic mass is 16.6. The molecule has 0 bridgehead atoms. The van der Waals surface area contributed by atoms with E-state index >= 15 is 0 Å². The van der Waals surface area contributed by atoms with E-state index in [0.717, 1.165) is 5.56 Å². The third-order valence-electron chi connectivity index (χ3n) is 3.41. The van der Waals surface area contributed by atoms with Crippen LogP contribution in [0.1, 0.15) is 15.9 Å². The van der Waals surface area contributed by atoms with Crippen molar-refractivity contribution in [1.82, 2.24) is 14.8 Å². The minimum Gasteiger partial charge on any atom is -0.322 e. The van der Waals surface area contributed by atoms with Gasteiger partial charge in [-0.3, -0.25) is 14.9 Å². The van der Waals surface area contributed by atoms with Crippen molar-refractivity contribution in [2.45, 2.75) is 6.92 Å². The van der Waals surface area contributed by atoms with Crippen LogP contribution >= 0.6 is 0 Å². The summed E-state index contributed by atoms with van der Waals surface area (Å²) in [6, 6.07) is 11.5. The first kappa shape index (κ1) is 15.3. The summed E-state index contributed by atoms with van der Waals surface area (Å²) in [5, 5.41) is 17.9. The van der Waals surface area contributed by atoms with Crippen LogP contribution in [-0.4, -0.2) is 25.6 Å². The van der Waals surface area contributed by atoms with Gasteiger partial charge < -0.3 is 5.32 Å². The zero-order chi connectivity index (χ0) is 17.1. The maximum atomic E-state index is 12.3. The molecule has 8 heteroatoms. The number of carbonyl (C=O) groups is 1. The monoisotopic (exact) mass is 323 g/mol. The van der Waals surface area contributed by atoms with Gasteiger partial charge in [0, 0.05) is 17.3 Å². The van der Waals surface area contributed by atoms with Gasteiger partial charge in [-0.25, -0.2) is 9.67 Å². The maximum absolute atomic E-state index is 12.3. The number of nitro benzene ring substituents is 1. The van der Waals surface area contributed by atoms with Crippen molar-refractivity contribution in [3.63, 3.8) is 0 Å². The number of hydrogen-bond donors (Lipinski definition) is 1. The smallest absolute Gasteiger partial charge is 0.295 e. The number of anilines is 1. The molecule has 1 amide bonds. The van der Waals surface area contributed by atoms with Gasteiger partial charge in [-0.05, 0) is 31.2 Å². The lowest BCUT2D eigenvalue weighted by atomic mass is 10.1. The highest BCUT2D eigenvalue weighted by Gasteiger charge is 2.19.